The summed E-state index contributed by atoms with van der Waals surface area (Å²) >= 11 is 0. The molecule has 0 saturated carbocycles. The van der Waals surface area contributed by atoms with Gasteiger partial charge < -0.3 is 10.6 Å². The van der Waals surface area contributed by atoms with Crippen molar-refractivity contribution in [2.45, 2.75) is 26.9 Å². The number of hydrogen-bond donors (Lipinski definition) is 1. The van der Waals surface area contributed by atoms with E-state index in [1.54, 1.807) is 6.20 Å². The van der Waals surface area contributed by atoms with E-state index in [4.69, 9.17) is 5.73 Å². The first-order valence-corrected chi connectivity index (χ1v) is 6.58. The second kappa shape index (κ2) is 4.53. The third kappa shape index (κ3) is 1.88. The van der Waals surface area contributed by atoms with Crippen LogP contribution < -0.4 is 10.6 Å². The first-order chi connectivity index (χ1) is 9.60. The molecule has 20 heavy (non-hydrogen) atoms. The second-order valence-electron chi connectivity index (χ2n) is 5.26. The zero-order valence-electron chi connectivity index (χ0n) is 11.6. The predicted octanol–water partition coefficient (Wildman–Crippen LogP) is 2.67. The van der Waals surface area contributed by atoms with Crippen molar-refractivity contribution in [3.05, 3.63) is 52.2 Å². The van der Waals surface area contributed by atoms with E-state index in [9.17, 15) is 5.26 Å². The van der Waals surface area contributed by atoms with E-state index >= 15 is 0 Å². The Morgan fingerprint density at radius 2 is 2.05 bits per heavy atom. The lowest BCUT2D eigenvalue weighted by atomic mass is 10.1. The summed E-state index contributed by atoms with van der Waals surface area (Å²) in [4.78, 5) is 6.36. The summed E-state index contributed by atoms with van der Waals surface area (Å²) in [5.74, 6) is 0.327. The summed E-state index contributed by atoms with van der Waals surface area (Å²) in [6.45, 7) is 5.71. The van der Waals surface area contributed by atoms with E-state index in [1.165, 1.54) is 16.8 Å². The van der Waals surface area contributed by atoms with Gasteiger partial charge >= 0.3 is 0 Å². The van der Waals surface area contributed by atoms with Crippen LogP contribution in [-0.2, 0) is 13.1 Å². The van der Waals surface area contributed by atoms with E-state index < -0.39 is 0 Å². The standard InChI is InChI=1S/C16H16N4/c1-10-3-4-13(5-11(10)2)20-8-12-7-19-16(18)14(6-17)15(12)9-20/h3-5,7H,8-9H2,1-2H3,(H2,18,19). The van der Waals surface area contributed by atoms with Crippen molar-refractivity contribution < 1.29 is 0 Å². The molecule has 0 saturated heterocycles. The highest BCUT2D eigenvalue weighted by Gasteiger charge is 2.24. The van der Waals surface area contributed by atoms with Crippen LogP contribution in [0.5, 0.6) is 0 Å². The quantitative estimate of drug-likeness (QED) is 0.860. The van der Waals surface area contributed by atoms with Gasteiger partial charge in [0.05, 0.1) is 5.56 Å². The third-order valence-corrected chi connectivity index (χ3v) is 3.98. The van der Waals surface area contributed by atoms with Gasteiger partial charge in [0.1, 0.15) is 11.9 Å². The van der Waals surface area contributed by atoms with Crippen LogP contribution in [0.4, 0.5) is 11.5 Å². The zero-order valence-corrected chi connectivity index (χ0v) is 11.6. The highest BCUT2D eigenvalue weighted by atomic mass is 15.1. The number of anilines is 2. The molecule has 4 nitrogen and oxygen atoms in total. The first-order valence-electron chi connectivity index (χ1n) is 6.58. The molecule has 100 valence electrons. The lowest BCUT2D eigenvalue weighted by Gasteiger charge is -2.18. The van der Waals surface area contributed by atoms with Crippen LogP contribution in [-0.4, -0.2) is 4.98 Å². The summed E-state index contributed by atoms with van der Waals surface area (Å²) in [6.07, 6.45) is 1.78. The Morgan fingerprint density at radius 3 is 2.75 bits per heavy atom. The van der Waals surface area contributed by atoms with Crippen molar-refractivity contribution in [1.82, 2.24) is 4.98 Å². The average molecular weight is 264 g/mol. The van der Waals surface area contributed by atoms with E-state index in [0.29, 0.717) is 17.9 Å². The van der Waals surface area contributed by atoms with Gasteiger partial charge in [0.15, 0.2) is 0 Å². The maximum absolute atomic E-state index is 9.23. The van der Waals surface area contributed by atoms with Crippen LogP contribution in [0.3, 0.4) is 0 Å². The average Bonchev–Trinajstić information content (AvgIpc) is 2.86. The molecule has 2 aromatic rings. The van der Waals surface area contributed by atoms with Crippen molar-refractivity contribution >= 4 is 11.5 Å². The molecule has 1 aromatic heterocycles. The van der Waals surface area contributed by atoms with Crippen LogP contribution in [0.1, 0.15) is 27.8 Å². The minimum atomic E-state index is 0.327. The number of rotatable bonds is 1. The van der Waals surface area contributed by atoms with Crippen LogP contribution in [0.25, 0.3) is 0 Å². The molecule has 1 aromatic carbocycles. The maximum Gasteiger partial charge on any atom is 0.141 e. The van der Waals surface area contributed by atoms with Gasteiger partial charge in [0.2, 0.25) is 0 Å². The molecule has 2 heterocycles. The van der Waals surface area contributed by atoms with Gasteiger partial charge in [0, 0.05) is 25.0 Å². The SMILES string of the molecule is Cc1ccc(N2Cc3cnc(N)c(C#N)c3C2)cc1C. The Hall–Kier alpha value is -2.54. The number of aromatic nitrogens is 1. The van der Waals surface area contributed by atoms with Crippen LogP contribution in [0.15, 0.2) is 24.4 Å². The molecule has 1 aliphatic rings. The smallest absolute Gasteiger partial charge is 0.141 e. The van der Waals surface area contributed by atoms with Gasteiger partial charge in [-0.3, -0.25) is 0 Å². The van der Waals surface area contributed by atoms with Crippen LogP contribution >= 0.6 is 0 Å². The minimum Gasteiger partial charge on any atom is -0.383 e. The fourth-order valence-corrected chi connectivity index (χ4v) is 2.60. The fraction of sp³-hybridized carbons (Fsp3) is 0.250. The number of nitrogens with two attached hydrogens (primary N) is 1. The molecule has 0 atom stereocenters. The Bertz CT molecular complexity index is 728. The largest absolute Gasteiger partial charge is 0.383 e. The number of fused-ring (bicyclic) bond motifs is 1. The molecule has 3 rings (SSSR count). The van der Waals surface area contributed by atoms with Gasteiger partial charge in [-0.15, -0.1) is 0 Å². The topological polar surface area (TPSA) is 65.9 Å². The number of nitrogen functional groups attached to an aromatic ring is 1. The Balaban J connectivity index is 1.98. The number of hydrogen-bond acceptors (Lipinski definition) is 4. The van der Waals surface area contributed by atoms with Crippen molar-refractivity contribution in [2.75, 3.05) is 10.6 Å². The third-order valence-electron chi connectivity index (χ3n) is 3.98. The highest BCUT2D eigenvalue weighted by Crippen LogP contribution is 2.32. The number of pyridine rings is 1. The molecule has 0 aliphatic carbocycles. The summed E-state index contributed by atoms with van der Waals surface area (Å²) in [6, 6.07) is 8.61. The van der Waals surface area contributed by atoms with Crippen molar-refractivity contribution in [3.63, 3.8) is 0 Å². The summed E-state index contributed by atoms with van der Waals surface area (Å²) in [5.41, 5.74) is 12.1. The molecule has 4 heteroatoms. The number of nitrogens with zero attached hydrogens (tertiary/aromatic N) is 3. The monoisotopic (exact) mass is 264 g/mol. The van der Waals surface area contributed by atoms with Gasteiger partial charge in [-0.2, -0.15) is 5.26 Å². The molecule has 0 unspecified atom stereocenters. The normalized spacial score (nSPS) is 13.2. The molecular formula is C16H16N4. The first kappa shape index (κ1) is 12.5. The molecule has 0 bridgehead atoms. The van der Waals surface area contributed by atoms with Gasteiger partial charge in [-0.25, -0.2) is 4.98 Å². The van der Waals surface area contributed by atoms with E-state index in [2.05, 4.69) is 48.0 Å². The van der Waals surface area contributed by atoms with E-state index in [-0.39, 0.29) is 0 Å². The Labute approximate surface area is 118 Å². The molecule has 2 N–H and O–H groups in total. The van der Waals surface area contributed by atoms with Crippen molar-refractivity contribution in [3.8, 4) is 6.07 Å². The van der Waals surface area contributed by atoms with Gasteiger partial charge in [-0.05, 0) is 48.2 Å². The second-order valence-corrected chi connectivity index (χ2v) is 5.26. The van der Waals surface area contributed by atoms with Gasteiger partial charge in [0.25, 0.3) is 0 Å². The lowest BCUT2D eigenvalue weighted by molar-refractivity contribution is 0.878. The molecule has 0 amide bonds. The number of benzene rings is 1. The molecular weight excluding hydrogens is 248 g/mol. The zero-order chi connectivity index (χ0) is 14.3. The van der Waals surface area contributed by atoms with E-state index in [0.717, 1.165) is 17.7 Å². The Morgan fingerprint density at radius 1 is 1.25 bits per heavy atom. The lowest BCUT2D eigenvalue weighted by Crippen LogP contribution is -2.14. The highest BCUT2D eigenvalue weighted by molar-refractivity contribution is 5.61. The van der Waals surface area contributed by atoms with Crippen LogP contribution in [0.2, 0.25) is 0 Å². The predicted molar refractivity (Wildman–Crippen MR) is 79.2 cm³/mol. The number of nitriles is 1. The summed E-state index contributed by atoms with van der Waals surface area (Å²) in [5, 5.41) is 9.23. The maximum atomic E-state index is 9.23. The summed E-state index contributed by atoms with van der Waals surface area (Å²) in [7, 11) is 0. The van der Waals surface area contributed by atoms with E-state index in [1.807, 2.05) is 0 Å². The molecule has 0 fully saturated rings. The molecule has 1 aliphatic heterocycles. The molecule has 0 spiro atoms. The number of aryl methyl sites for hydroxylation is 2. The fourth-order valence-electron chi connectivity index (χ4n) is 2.60. The Kier molecular flexibility index (Phi) is 2.83. The van der Waals surface area contributed by atoms with Crippen LogP contribution in [0, 0.1) is 25.2 Å². The van der Waals surface area contributed by atoms with Gasteiger partial charge in [-0.1, -0.05) is 6.07 Å². The van der Waals surface area contributed by atoms with Crippen molar-refractivity contribution in [1.29, 1.82) is 5.26 Å². The molecule has 0 radical (unpaired) electrons. The summed E-state index contributed by atoms with van der Waals surface area (Å²) < 4.78 is 0. The minimum absolute atomic E-state index is 0.327. The van der Waals surface area contributed by atoms with Crippen molar-refractivity contribution in [2.24, 2.45) is 0 Å².